The highest BCUT2D eigenvalue weighted by atomic mass is 79.9. The number of pyridine rings is 1. The Morgan fingerprint density at radius 1 is 1.23 bits per heavy atom. The van der Waals surface area contributed by atoms with E-state index in [-0.39, 0.29) is 5.60 Å². The Labute approximate surface area is 137 Å². The SMILES string of the molecule is Brc1cc(-c2cnc3c(c2)C[C@@]2(CN4CCC2CC4)O3)co1. The van der Waals surface area contributed by atoms with Crippen LogP contribution in [0.25, 0.3) is 11.1 Å². The molecule has 1 spiro atoms. The lowest BCUT2D eigenvalue weighted by Crippen LogP contribution is -2.61. The Morgan fingerprint density at radius 2 is 2.09 bits per heavy atom. The second-order valence-electron chi connectivity index (χ2n) is 6.72. The van der Waals surface area contributed by atoms with E-state index in [1.807, 2.05) is 12.3 Å². The first-order valence-corrected chi connectivity index (χ1v) is 8.66. The molecule has 0 saturated carbocycles. The largest absolute Gasteiger partial charge is 0.469 e. The van der Waals surface area contributed by atoms with Crippen LogP contribution in [0.1, 0.15) is 18.4 Å². The topological polar surface area (TPSA) is 38.5 Å². The van der Waals surface area contributed by atoms with Crippen molar-refractivity contribution in [2.45, 2.75) is 24.9 Å². The number of hydrogen-bond donors (Lipinski definition) is 0. The zero-order valence-electron chi connectivity index (χ0n) is 12.2. The summed E-state index contributed by atoms with van der Waals surface area (Å²) >= 11 is 3.35. The lowest BCUT2D eigenvalue weighted by Gasteiger charge is -2.50. The zero-order valence-corrected chi connectivity index (χ0v) is 13.8. The van der Waals surface area contributed by atoms with Crippen LogP contribution in [0.4, 0.5) is 0 Å². The number of halogens is 1. The van der Waals surface area contributed by atoms with Gasteiger partial charge in [-0.2, -0.15) is 0 Å². The third kappa shape index (κ3) is 1.88. The molecule has 4 aliphatic rings. The molecule has 6 rings (SSSR count). The van der Waals surface area contributed by atoms with Gasteiger partial charge in [-0.15, -0.1) is 0 Å². The van der Waals surface area contributed by atoms with Crippen LogP contribution in [0.5, 0.6) is 5.88 Å². The predicted molar refractivity (Wildman–Crippen MR) is 85.9 cm³/mol. The van der Waals surface area contributed by atoms with Gasteiger partial charge in [0.15, 0.2) is 4.67 Å². The van der Waals surface area contributed by atoms with Crippen LogP contribution >= 0.6 is 15.9 Å². The molecule has 2 bridgehead atoms. The molecule has 0 N–H and O–H groups in total. The van der Waals surface area contributed by atoms with Crippen molar-refractivity contribution in [2.75, 3.05) is 19.6 Å². The second kappa shape index (κ2) is 4.59. The molecule has 0 radical (unpaired) electrons. The maximum Gasteiger partial charge on any atom is 0.217 e. The van der Waals surface area contributed by atoms with Crippen molar-refractivity contribution in [3.63, 3.8) is 0 Å². The minimum atomic E-state index is -0.0264. The van der Waals surface area contributed by atoms with Crippen molar-refractivity contribution >= 4 is 15.9 Å². The molecule has 1 atom stereocenters. The predicted octanol–water partition coefficient (Wildman–Crippen LogP) is 3.50. The first-order chi connectivity index (χ1) is 10.7. The summed E-state index contributed by atoms with van der Waals surface area (Å²) in [6, 6.07) is 4.19. The van der Waals surface area contributed by atoms with Gasteiger partial charge < -0.3 is 9.15 Å². The van der Waals surface area contributed by atoms with E-state index in [0.717, 1.165) is 34.6 Å². The molecule has 6 heterocycles. The van der Waals surface area contributed by atoms with Crippen molar-refractivity contribution in [1.29, 1.82) is 0 Å². The summed E-state index contributed by atoms with van der Waals surface area (Å²) < 4.78 is 12.5. The summed E-state index contributed by atoms with van der Waals surface area (Å²) in [5.41, 5.74) is 3.36. The van der Waals surface area contributed by atoms with E-state index < -0.39 is 0 Å². The van der Waals surface area contributed by atoms with Gasteiger partial charge in [0.2, 0.25) is 5.88 Å². The molecule has 0 unspecified atom stereocenters. The summed E-state index contributed by atoms with van der Waals surface area (Å²) in [7, 11) is 0. The van der Waals surface area contributed by atoms with Gasteiger partial charge >= 0.3 is 0 Å². The third-order valence-corrected chi connectivity index (χ3v) is 5.85. The number of aromatic nitrogens is 1. The number of rotatable bonds is 1. The van der Waals surface area contributed by atoms with Gasteiger partial charge in [0.05, 0.1) is 6.26 Å². The van der Waals surface area contributed by atoms with Crippen molar-refractivity contribution in [3.8, 4) is 17.0 Å². The highest BCUT2D eigenvalue weighted by Crippen LogP contribution is 2.46. The minimum Gasteiger partial charge on any atom is -0.469 e. The summed E-state index contributed by atoms with van der Waals surface area (Å²) in [5, 5.41) is 0. The quantitative estimate of drug-likeness (QED) is 0.779. The Hall–Kier alpha value is -1.33. The minimum absolute atomic E-state index is 0.0264. The van der Waals surface area contributed by atoms with Gasteiger partial charge in [-0.05, 0) is 54.0 Å². The number of fused-ring (bicyclic) bond motifs is 3. The van der Waals surface area contributed by atoms with Crippen molar-refractivity contribution in [2.24, 2.45) is 5.92 Å². The van der Waals surface area contributed by atoms with Gasteiger partial charge in [0, 0.05) is 41.8 Å². The molecule has 0 aliphatic carbocycles. The van der Waals surface area contributed by atoms with Crippen molar-refractivity contribution in [3.05, 3.63) is 34.8 Å². The molecule has 3 saturated heterocycles. The molecule has 5 heteroatoms. The van der Waals surface area contributed by atoms with E-state index in [0.29, 0.717) is 5.92 Å². The molecular formula is C17H17BrN2O2. The van der Waals surface area contributed by atoms with Gasteiger partial charge in [-0.25, -0.2) is 4.98 Å². The van der Waals surface area contributed by atoms with Crippen LogP contribution in [0.15, 0.2) is 33.7 Å². The van der Waals surface area contributed by atoms with Crippen molar-refractivity contribution in [1.82, 2.24) is 9.88 Å². The first-order valence-electron chi connectivity index (χ1n) is 7.87. The fourth-order valence-corrected chi connectivity index (χ4v) is 4.67. The Bertz CT molecular complexity index is 736. The first kappa shape index (κ1) is 13.1. The Morgan fingerprint density at radius 3 is 2.77 bits per heavy atom. The third-order valence-electron chi connectivity index (χ3n) is 5.44. The average molecular weight is 361 g/mol. The van der Waals surface area contributed by atoms with Crippen LogP contribution in [0.3, 0.4) is 0 Å². The molecular weight excluding hydrogens is 344 g/mol. The van der Waals surface area contributed by atoms with E-state index in [2.05, 4.69) is 31.9 Å². The molecule has 0 amide bonds. The van der Waals surface area contributed by atoms with E-state index in [1.165, 1.54) is 31.5 Å². The number of nitrogens with zero attached hydrogens (tertiary/aromatic N) is 2. The summed E-state index contributed by atoms with van der Waals surface area (Å²) in [6.45, 7) is 3.52. The molecule has 114 valence electrons. The van der Waals surface area contributed by atoms with Gasteiger partial charge in [-0.1, -0.05) is 0 Å². The highest BCUT2D eigenvalue weighted by Gasteiger charge is 2.52. The monoisotopic (exact) mass is 360 g/mol. The van der Waals surface area contributed by atoms with Gasteiger partial charge in [0.1, 0.15) is 5.60 Å². The van der Waals surface area contributed by atoms with E-state index >= 15 is 0 Å². The molecule has 4 nitrogen and oxygen atoms in total. The number of piperidine rings is 3. The highest BCUT2D eigenvalue weighted by molar-refractivity contribution is 9.10. The van der Waals surface area contributed by atoms with Crippen LogP contribution < -0.4 is 4.74 Å². The second-order valence-corrected chi connectivity index (χ2v) is 7.50. The number of ether oxygens (including phenoxy) is 1. The van der Waals surface area contributed by atoms with E-state index in [9.17, 15) is 0 Å². The maximum absolute atomic E-state index is 6.38. The molecule has 0 aromatic carbocycles. The summed E-state index contributed by atoms with van der Waals surface area (Å²) in [5.74, 6) is 1.51. The Kier molecular flexibility index (Phi) is 2.74. The lowest BCUT2D eigenvalue weighted by atomic mass is 9.73. The fraction of sp³-hybridized carbons (Fsp3) is 0.471. The van der Waals surface area contributed by atoms with Crippen LogP contribution in [0, 0.1) is 5.92 Å². The maximum atomic E-state index is 6.38. The average Bonchev–Trinajstić information content (AvgIpc) is 3.11. The van der Waals surface area contributed by atoms with E-state index in [4.69, 9.17) is 9.15 Å². The fourth-order valence-electron chi connectivity index (χ4n) is 4.33. The standard InChI is InChI=1S/C17H17BrN2O2/c18-15-6-13(9-21-15)12-5-11-7-17(22-16(11)19-8-12)10-20-3-1-14(17)2-4-20/h5-6,8-9,14H,1-4,7,10H2/t17-/m0/s1. The van der Waals surface area contributed by atoms with Crippen molar-refractivity contribution < 1.29 is 9.15 Å². The van der Waals surface area contributed by atoms with Gasteiger partial charge in [0.25, 0.3) is 0 Å². The zero-order chi connectivity index (χ0) is 14.7. The van der Waals surface area contributed by atoms with Crippen LogP contribution in [0.2, 0.25) is 0 Å². The van der Waals surface area contributed by atoms with Gasteiger partial charge in [-0.3, -0.25) is 4.90 Å². The van der Waals surface area contributed by atoms with Crippen LogP contribution in [-0.2, 0) is 6.42 Å². The smallest absolute Gasteiger partial charge is 0.217 e. The molecule has 2 aromatic rings. The Balaban J connectivity index is 1.49. The summed E-state index contributed by atoms with van der Waals surface area (Å²) in [4.78, 5) is 7.12. The normalized spacial score (nSPS) is 32.2. The molecule has 3 fully saturated rings. The van der Waals surface area contributed by atoms with Crippen LogP contribution in [-0.4, -0.2) is 35.1 Å². The molecule has 2 aromatic heterocycles. The lowest BCUT2D eigenvalue weighted by molar-refractivity contribution is -0.0814. The molecule has 4 aliphatic heterocycles. The molecule has 22 heavy (non-hydrogen) atoms. The van der Waals surface area contributed by atoms with E-state index in [1.54, 1.807) is 6.26 Å². The number of hydrogen-bond acceptors (Lipinski definition) is 4. The summed E-state index contributed by atoms with van der Waals surface area (Å²) in [6.07, 6.45) is 7.15. The number of furan rings is 1.